The molecular weight excluding hydrogens is 302 g/mol. The van der Waals surface area contributed by atoms with Gasteiger partial charge < -0.3 is 15.5 Å². The molecule has 0 spiro atoms. The number of carbonyl (C=O) groups excluding carboxylic acids is 1. The van der Waals surface area contributed by atoms with E-state index in [0.29, 0.717) is 5.76 Å². The van der Waals surface area contributed by atoms with Gasteiger partial charge in [0.2, 0.25) is 5.91 Å². The van der Waals surface area contributed by atoms with E-state index in [0.717, 1.165) is 36.9 Å². The fraction of sp³-hybridized carbons (Fsp3) is 0.375. The number of nitrogens with one attached hydrogen (secondary N) is 1. The van der Waals surface area contributed by atoms with E-state index in [2.05, 4.69) is 10.3 Å². The Morgan fingerprint density at radius 3 is 2.95 bits per heavy atom. The van der Waals surface area contributed by atoms with Crippen molar-refractivity contribution in [2.24, 2.45) is 11.7 Å². The van der Waals surface area contributed by atoms with Gasteiger partial charge in [0.1, 0.15) is 0 Å². The summed E-state index contributed by atoms with van der Waals surface area (Å²) in [6, 6.07) is 7.73. The highest BCUT2D eigenvalue weighted by molar-refractivity contribution is 5.93. The first-order valence-corrected chi connectivity index (χ1v) is 7.28. The van der Waals surface area contributed by atoms with Gasteiger partial charge in [-0.3, -0.25) is 4.79 Å². The van der Waals surface area contributed by atoms with E-state index < -0.39 is 0 Å². The van der Waals surface area contributed by atoms with Gasteiger partial charge in [-0.15, -0.1) is 12.4 Å². The summed E-state index contributed by atoms with van der Waals surface area (Å²) >= 11 is 0. The molecule has 0 bridgehead atoms. The molecule has 0 saturated heterocycles. The second kappa shape index (κ2) is 7.42. The van der Waals surface area contributed by atoms with Crippen LogP contribution in [0.15, 0.2) is 41.3 Å². The summed E-state index contributed by atoms with van der Waals surface area (Å²) in [5.74, 6) is 0.758. The standard InChI is InChI=1S/C16H19N3O2.ClH/c17-13-5-1-4-12(7-13)16(20)19-14-6-2-3-11(8-14)15-9-18-10-21-15;/h2-3,6,8-10,12-13H,1,4-5,7,17H2,(H,19,20);1H. The van der Waals surface area contributed by atoms with Gasteiger partial charge in [0.25, 0.3) is 0 Å². The van der Waals surface area contributed by atoms with Gasteiger partial charge in [-0.2, -0.15) is 0 Å². The number of nitrogens with two attached hydrogens (primary N) is 1. The number of oxazole rings is 1. The van der Waals surface area contributed by atoms with Gasteiger partial charge in [-0.25, -0.2) is 4.98 Å². The van der Waals surface area contributed by atoms with E-state index in [1.165, 1.54) is 6.39 Å². The van der Waals surface area contributed by atoms with Crippen LogP contribution < -0.4 is 11.1 Å². The third-order valence-corrected chi connectivity index (χ3v) is 3.93. The van der Waals surface area contributed by atoms with Crippen LogP contribution in [0.4, 0.5) is 5.69 Å². The molecule has 2 unspecified atom stereocenters. The molecule has 1 heterocycles. The third-order valence-electron chi connectivity index (χ3n) is 3.93. The summed E-state index contributed by atoms with van der Waals surface area (Å²) < 4.78 is 5.27. The number of amides is 1. The molecular formula is C16H20ClN3O2. The zero-order valence-electron chi connectivity index (χ0n) is 12.2. The van der Waals surface area contributed by atoms with E-state index in [-0.39, 0.29) is 30.3 Å². The van der Waals surface area contributed by atoms with E-state index in [9.17, 15) is 4.79 Å². The van der Waals surface area contributed by atoms with Crippen molar-refractivity contribution in [3.05, 3.63) is 36.9 Å². The first-order valence-electron chi connectivity index (χ1n) is 7.28. The highest BCUT2D eigenvalue weighted by Crippen LogP contribution is 2.26. The van der Waals surface area contributed by atoms with Crippen LogP contribution in [0.1, 0.15) is 25.7 Å². The molecule has 22 heavy (non-hydrogen) atoms. The van der Waals surface area contributed by atoms with Gasteiger partial charge in [-0.05, 0) is 31.4 Å². The molecule has 5 nitrogen and oxygen atoms in total. The fourth-order valence-corrected chi connectivity index (χ4v) is 2.82. The molecule has 6 heteroatoms. The summed E-state index contributed by atoms with van der Waals surface area (Å²) in [4.78, 5) is 16.2. The Labute approximate surface area is 135 Å². The Bertz CT molecular complexity index is 616. The predicted octanol–water partition coefficient (Wildman–Crippen LogP) is 3.22. The van der Waals surface area contributed by atoms with Gasteiger partial charge in [0.15, 0.2) is 12.2 Å². The predicted molar refractivity (Wildman–Crippen MR) is 87.8 cm³/mol. The fourth-order valence-electron chi connectivity index (χ4n) is 2.82. The van der Waals surface area contributed by atoms with Crippen LogP contribution in [0, 0.1) is 5.92 Å². The Morgan fingerprint density at radius 2 is 2.23 bits per heavy atom. The number of rotatable bonds is 3. The lowest BCUT2D eigenvalue weighted by atomic mass is 9.85. The molecule has 1 saturated carbocycles. The summed E-state index contributed by atoms with van der Waals surface area (Å²) in [7, 11) is 0. The minimum Gasteiger partial charge on any atom is -0.444 e. The quantitative estimate of drug-likeness (QED) is 0.909. The second-order valence-corrected chi connectivity index (χ2v) is 5.56. The highest BCUT2D eigenvalue weighted by Gasteiger charge is 2.25. The highest BCUT2D eigenvalue weighted by atomic mass is 35.5. The summed E-state index contributed by atoms with van der Waals surface area (Å²) in [5, 5.41) is 2.98. The van der Waals surface area contributed by atoms with Crippen LogP contribution in [0.2, 0.25) is 0 Å². The molecule has 0 radical (unpaired) electrons. The summed E-state index contributed by atoms with van der Waals surface area (Å²) in [6.07, 6.45) is 6.78. The minimum atomic E-state index is 0. The molecule has 0 aliphatic heterocycles. The molecule has 1 aromatic carbocycles. The topological polar surface area (TPSA) is 81.2 Å². The first kappa shape index (κ1) is 16.5. The number of anilines is 1. The van der Waals surface area contributed by atoms with Crippen LogP contribution in [0.5, 0.6) is 0 Å². The second-order valence-electron chi connectivity index (χ2n) is 5.56. The minimum absolute atomic E-state index is 0. The molecule has 1 amide bonds. The maximum Gasteiger partial charge on any atom is 0.227 e. The Hall–Kier alpha value is -1.85. The van der Waals surface area contributed by atoms with Crippen molar-refractivity contribution in [1.29, 1.82) is 0 Å². The zero-order chi connectivity index (χ0) is 14.7. The number of carbonyl (C=O) groups is 1. The molecule has 1 aliphatic carbocycles. The van der Waals surface area contributed by atoms with Crippen molar-refractivity contribution in [3.63, 3.8) is 0 Å². The lowest BCUT2D eigenvalue weighted by Gasteiger charge is -2.25. The van der Waals surface area contributed by atoms with Crippen molar-refractivity contribution < 1.29 is 9.21 Å². The van der Waals surface area contributed by atoms with Gasteiger partial charge in [0, 0.05) is 23.2 Å². The molecule has 1 aromatic heterocycles. The van der Waals surface area contributed by atoms with Gasteiger partial charge in [-0.1, -0.05) is 18.6 Å². The first-order chi connectivity index (χ1) is 10.2. The van der Waals surface area contributed by atoms with E-state index in [1.807, 2.05) is 24.3 Å². The van der Waals surface area contributed by atoms with Crippen LogP contribution in [0.25, 0.3) is 11.3 Å². The maximum atomic E-state index is 12.3. The van der Waals surface area contributed by atoms with Gasteiger partial charge in [0.05, 0.1) is 6.20 Å². The largest absolute Gasteiger partial charge is 0.444 e. The monoisotopic (exact) mass is 321 g/mol. The lowest BCUT2D eigenvalue weighted by molar-refractivity contribution is -0.120. The van der Waals surface area contributed by atoms with Crippen LogP contribution in [-0.4, -0.2) is 16.9 Å². The van der Waals surface area contributed by atoms with Gasteiger partial charge >= 0.3 is 0 Å². The molecule has 3 N–H and O–H groups in total. The average molecular weight is 322 g/mol. The summed E-state index contributed by atoms with van der Waals surface area (Å²) in [5.41, 5.74) is 7.61. The maximum absolute atomic E-state index is 12.3. The molecule has 2 aromatic rings. The Kier molecular flexibility index (Phi) is 5.57. The lowest BCUT2D eigenvalue weighted by Crippen LogP contribution is -2.34. The van der Waals surface area contributed by atoms with E-state index in [1.54, 1.807) is 6.20 Å². The number of benzene rings is 1. The zero-order valence-corrected chi connectivity index (χ0v) is 13.0. The van der Waals surface area contributed by atoms with Crippen LogP contribution in [-0.2, 0) is 4.79 Å². The third kappa shape index (κ3) is 3.87. The molecule has 1 aliphatic rings. The Balaban J connectivity index is 0.00000176. The molecule has 3 rings (SSSR count). The van der Waals surface area contributed by atoms with Crippen molar-refractivity contribution in [2.75, 3.05) is 5.32 Å². The number of aromatic nitrogens is 1. The van der Waals surface area contributed by atoms with Crippen molar-refractivity contribution in [3.8, 4) is 11.3 Å². The number of hydrogen-bond acceptors (Lipinski definition) is 4. The SMILES string of the molecule is Cl.NC1CCCC(C(=O)Nc2cccc(-c3cnco3)c2)C1. The van der Waals surface area contributed by atoms with Crippen molar-refractivity contribution >= 4 is 24.0 Å². The van der Waals surface area contributed by atoms with E-state index >= 15 is 0 Å². The Morgan fingerprint density at radius 1 is 1.36 bits per heavy atom. The normalized spacial score (nSPS) is 21.0. The van der Waals surface area contributed by atoms with Crippen LogP contribution >= 0.6 is 12.4 Å². The molecule has 2 atom stereocenters. The molecule has 118 valence electrons. The average Bonchev–Trinajstić information content (AvgIpc) is 3.02. The molecule has 1 fully saturated rings. The smallest absolute Gasteiger partial charge is 0.227 e. The van der Waals surface area contributed by atoms with Crippen molar-refractivity contribution in [2.45, 2.75) is 31.7 Å². The number of nitrogens with zero attached hydrogens (tertiary/aromatic N) is 1. The summed E-state index contributed by atoms with van der Waals surface area (Å²) in [6.45, 7) is 0. The number of halogens is 1. The van der Waals surface area contributed by atoms with Crippen molar-refractivity contribution in [1.82, 2.24) is 4.98 Å². The van der Waals surface area contributed by atoms with E-state index in [4.69, 9.17) is 10.2 Å². The van der Waals surface area contributed by atoms with Crippen LogP contribution in [0.3, 0.4) is 0 Å². The number of hydrogen-bond donors (Lipinski definition) is 2.